The number of anilines is 1. The Hall–Kier alpha value is -1.55. The number of hydrogen-bond donors (Lipinski definition) is 1. The molecule has 1 saturated carbocycles. The standard InChI is InChI=1S/C24H39N3O/c1-5-25-23(28)18-26-14-16-27(17-15-26)22-9-7-6-8-21(22)19-10-12-20(13-11-19)24(2,3)4/h6-9,19-20H,5,10-18H2,1-4H3,(H,25,28). The maximum atomic E-state index is 11.9. The normalized spacial score (nSPS) is 24.2. The lowest BCUT2D eigenvalue weighted by Gasteiger charge is -2.40. The Morgan fingerprint density at radius 1 is 1.04 bits per heavy atom. The molecule has 0 radical (unpaired) electrons. The molecule has 2 fully saturated rings. The predicted octanol–water partition coefficient (Wildman–Crippen LogP) is 4.26. The molecule has 0 spiro atoms. The zero-order chi connectivity index (χ0) is 20.1. The Morgan fingerprint density at radius 3 is 2.29 bits per heavy atom. The zero-order valence-electron chi connectivity index (χ0n) is 18.3. The summed E-state index contributed by atoms with van der Waals surface area (Å²) < 4.78 is 0. The van der Waals surface area contributed by atoms with E-state index < -0.39 is 0 Å². The van der Waals surface area contributed by atoms with Crippen LogP contribution in [0.4, 0.5) is 5.69 Å². The molecule has 1 aromatic carbocycles. The van der Waals surface area contributed by atoms with Crippen molar-refractivity contribution in [2.24, 2.45) is 11.3 Å². The van der Waals surface area contributed by atoms with E-state index in [1.807, 2.05) is 6.92 Å². The van der Waals surface area contributed by atoms with Gasteiger partial charge in [-0.25, -0.2) is 0 Å². The van der Waals surface area contributed by atoms with E-state index in [0.29, 0.717) is 24.4 Å². The van der Waals surface area contributed by atoms with Crippen LogP contribution in [0.2, 0.25) is 0 Å². The number of carbonyl (C=O) groups is 1. The number of likely N-dealkylation sites (N-methyl/N-ethyl adjacent to an activating group) is 1. The van der Waals surface area contributed by atoms with Crippen molar-refractivity contribution in [2.45, 2.75) is 59.3 Å². The number of para-hydroxylation sites is 1. The first-order valence-corrected chi connectivity index (χ1v) is 11.2. The van der Waals surface area contributed by atoms with E-state index in [4.69, 9.17) is 0 Å². The second-order valence-electron chi connectivity index (χ2n) is 9.69. The minimum Gasteiger partial charge on any atom is -0.369 e. The molecule has 1 heterocycles. The van der Waals surface area contributed by atoms with Gasteiger partial charge in [-0.2, -0.15) is 0 Å². The maximum Gasteiger partial charge on any atom is 0.234 e. The molecule has 0 unspecified atom stereocenters. The van der Waals surface area contributed by atoms with E-state index in [1.165, 1.54) is 31.4 Å². The first kappa shape index (κ1) is 21.2. The van der Waals surface area contributed by atoms with Crippen molar-refractivity contribution in [3.63, 3.8) is 0 Å². The van der Waals surface area contributed by atoms with Crippen LogP contribution in [-0.2, 0) is 4.79 Å². The zero-order valence-corrected chi connectivity index (χ0v) is 18.3. The maximum absolute atomic E-state index is 11.9. The molecule has 1 N–H and O–H groups in total. The van der Waals surface area contributed by atoms with Crippen molar-refractivity contribution in [1.82, 2.24) is 10.2 Å². The lowest BCUT2D eigenvalue weighted by molar-refractivity contribution is -0.122. The second kappa shape index (κ2) is 9.30. The summed E-state index contributed by atoms with van der Waals surface area (Å²) in [5.74, 6) is 1.70. The summed E-state index contributed by atoms with van der Waals surface area (Å²) in [5.41, 5.74) is 3.41. The molecular weight excluding hydrogens is 346 g/mol. The number of rotatable bonds is 5. The largest absolute Gasteiger partial charge is 0.369 e. The monoisotopic (exact) mass is 385 g/mol. The van der Waals surface area contributed by atoms with Gasteiger partial charge in [-0.3, -0.25) is 9.69 Å². The number of benzene rings is 1. The van der Waals surface area contributed by atoms with Gasteiger partial charge >= 0.3 is 0 Å². The highest BCUT2D eigenvalue weighted by molar-refractivity contribution is 5.78. The van der Waals surface area contributed by atoms with Crippen molar-refractivity contribution < 1.29 is 4.79 Å². The molecule has 1 saturated heterocycles. The second-order valence-corrected chi connectivity index (χ2v) is 9.69. The Morgan fingerprint density at radius 2 is 1.68 bits per heavy atom. The third kappa shape index (κ3) is 5.28. The summed E-state index contributed by atoms with van der Waals surface area (Å²) in [6.07, 6.45) is 5.33. The molecule has 28 heavy (non-hydrogen) atoms. The molecule has 4 nitrogen and oxygen atoms in total. The quantitative estimate of drug-likeness (QED) is 0.822. The minimum absolute atomic E-state index is 0.145. The SMILES string of the molecule is CCNC(=O)CN1CCN(c2ccccc2C2CCC(C(C)(C)C)CC2)CC1. The highest BCUT2D eigenvalue weighted by atomic mass is 16.2. The molecule has 156 valence electrons. The molecular formula is C24H39N3O. The number of amides is 1. The van der Waals surface area contributed by atoms with Gasteiger partial charge in [0.1, 0.15) is 0 Å². The van der Waals surface area contributed by atoms with Crippen LogP contribution in [0.3, 0.4) is 0 Å². The van der Waals surface area contributed by atoms with Crippen LogP contribution in [0.25, 0.3) is 0 Å². The molecule has 0 atom stereocenters. The van der Waals surface area contributed by atoms with Crippen LogP contribution in [0.5, 0.6) is 0 Å². The van der Waals surface area contributed by atoms with Gasteiger partial charge in [0.05, 0.1) is 6.54 Å². The Balaban J connectivity index is 1.60. The van der Waals surface area contributed by atoms with E-state index in [9.17, 15) is 4.79 Å². The minimum atomic E-state index is 0.145. The summed E-state index contributed by atoms with van der Waals surface area (Å²) in [4.78, 5) is 16.7. The first-order valence-electron chi connectivity index (χ1n) is 11.2. The molecule has 4 heteroatoms. The van der Waals surface area contributed by atoms with Crippen LogP contribution >= 0.6 is 0 Å². The van der Waals surface area contributed by atoms with Crippen molar-refractivity contribution in [1.29, 1.82) is 0 Å². The lowest BCUT2D eigenvalue weighted by atomic mass is 9.68. The Kier molecular flexibility index (Phi) is 7.03. The Bertz CT molecular complexity index is 635. The van der Waals surface area contributed by atoms with E-state index in [2.05, 4.69) is 60.2 Å². The number of piperazine rings is 1. The Labute approximate surface area is 171 Å². The molecule has 2 aliphatic rings. The van der Waals surface area contributed by atoms with E-state index in [-0.39, 0.29) is 5.91 Å². The molecule has 1 aliphatic heterocycles. The fourth-order valence-corrected chi connectivity index (χ4v) is 4.99. The van der Waals surface area contributed by atoms with Crippen LogP contribution in [0.15, 0.2) is 24.3 Å². The fourth-order valence-electron chi connectivity index (χ4n) is 4.99. The number of nitrogens with one attached hydrogen (secondary N) is 1. The van der Waals surface area contributed by atoms with Gasteiger partial charge in [-0.15, -0.1) is 0 Å². The van der Waals surface area contributed by atoms with E-state index >= 15 is 0 Å². The molecule has 1 aliphatic carbocycles. The van der Waals surface area contributed by atoms with E-state index in [1.54, 1.807) is 5.56 Å². The van der Waals surface area contributed by atoms with Crippen molar-refractivity contribution in [3.05, 3.63) is 29.8 Å². The summed E-state index contributed by atoms with van der Waals surface area (Å²) in [6.45, 7) is 14.3. The summed E-state index contributed by atoms with van der Waals surface area (Å²) in [6, 6.07) is 9.06. The van der Waals surface area contributed by atoms with Gasteiger partial charge in [0.25, 0.3) is 0 Å². The summed E-state index contributed by atoms with van der Waals surface area (Å²) >= 11 is 0. The third-order valence-electron chi connectivity index (χ3n) is 6.78. The molecule has 3 rings (SSSR count). The van der Waals surface area contributed by atoms with Crippen LogP contribution in [-0.4, -0.2) is 50.1 Å². The van der Waals surface area contributed by atoms with Gasteiger partial charge in [0.2, 0.25) is 5.91 Å². The van der Waals surface area contributed by atoms with Gasteiger partial charge in [0.15, 0.2) is 0 Å². The number of nitrogens with zero attached hydrogens (tertiary/aromatic N) is 2. The third-order valence-corrected chi connectivity index (χ3v) is 6.78. The molecule has 1 aromatic rings. The lowest BCUT2D eigenvalue weighted by Crippen LogP contribution is -2.49. The average molecular weight is 386 g/mol. The smallest absolute Gasteiger partial charge is 0.234 e. The van der Waals surface area contributed by atoms with Crippen molar-refractivity contribution >= 4 is 11.6 Å². The van der Waals surface area contributed by atoms with Crippen LogP contribution in [0.1, 0.15) is 64.9 Å². The summed E-state index contributed by atoms with van der Waals surface area (Å²) in [7, 11) is 0. The van der Waals surface area contributed by atoms with Crippen LogP contribution in [0, 0.1) is 11.3 Å². The van der Waals surface area contributed by atoms with Crippen molar-refractivity contribution in [2.75, 3.05) is 44.2 Å². The van der Waals surface area contributed by atoms with Gasteiger partial charge in [-0.05, 0) is 61.5 Å². The first-order chi connectivity index (χ1) is 13.4. The fraction of sp³-hybridized carbons (Fsp3) is 0.708. The predicted molar refractivity (Wildman–Crippen MR) is 118 cm³/mol. The average Bonchev–Trinajstić information content (AvgIpc) is 2.68. The van der Waals surface area contributed by atoms with Gasteiger partial charge < -0.3 is 10.2 Å². The summed E-state index contributed by atoms with van der Waals surface area (Å²) in [5, 5.41) is 2.91. The van der Waals surface area contributed by atoms with Gasteiger partial charge in [0, 0.05) is 38.4 Å². The molecule has 0 bridgehead atoms. The molecule has 0 aromatic heterocycles. The topological polar surface area (TPSA) is 35.6 Å². The van der Waals surface area contributed by atoms with Crippen molar-refractivity contribution in [3.8, 4) is 0 Å². The molecule has 1 amide bonds. The van der Waals surface area contributed by atoms with Gasteiger partial charge in [-0.1, -0.05) is 39.0 Å². The highest BCUT2D eigenvalue weighted by Crippen LogP contribution is 2.45. The van der Waals surface area contributed by atoms with E-state index in [0.717, 1.165) is 32.1 Å². The highest BCUT2D eigenvalue weighted by Gasteiger charge is 2.31. The number of carbonyl (C=O) groups excluding carboxylic acids is 1. The van der Waals surface area contributed by atoms with Crippen LogP contribution < -0.4 is 10.2 Å². The number of hydrogen-bond acceptors (Lipinski definition) is 3.